The third-order valence-corrected chi connectivity index (χ3v) is 7.25. The number of aliphatic carboxylic acids is 1. The van der Waals surface area contributed by atoms with E-state index >= 15 is 0 Å². The minimum Gasteiger partial charge on any atom is -0.481 e. The molecule has 0 saturated carbocycles. The first-order valence-electron chi connectivity index (χ1n) is 11.0. The van der Waals surface area contributed by atoms with Crippen LogP contribution in [0.2, 0.25) is 0 Å². The van der Waals surface area contributed by atoms with Gasteiger partial charge >= 0.3 is 12.1 Å². The molecule has 162 valence electrons. The van der Waals surface area contributed by atoms with Gasteiger partial charge in [0.1, 0.15) is 6.61 Å². The maximum atomic E-state index is 13.0. The number of ether oxygens (including phenoxy) is 2. The Morgan fingerprint density at radius 3 is 2.39 bits per heavy atom. The second-order valence-electron chi connectivity index (χ2n) is 8.90. The summed E-state index contributed by atoms with van der Waals surface area (Å²) >= 11 is 0. The number of hydrogen-bond donors (Lipinski definition) is 1. The van der Waals surface area contributed by atoms with Crippen molar-refractivity contribution < 1.29 is 24.2 Å². The van der Waals surface area contributed by atoms with Crippen molar-refractivity contribution in [3.8, 4) is 11.1 Å². The van der Waals surface area contributed by atoms with E-state index in [1.165, 1.54) is 22.3 Å². The van der Waals surface area contributed by atoms with Crippen molar-refractivity contribution in [1.82, 2.24) is 4.90 Å². The lowest BCUT2D eigenvalue weighted by atomic mass is 9.72. The van der Waals surface area contributed by atoms with Crippen LogP contribution in [-0.2, 0) is 14.3 Å². The van der Waals surface area contributed by atoms with Crippen LogP contribution in [0.3, 0.4) is 0 Å². The zero-order valence-corrected chi connectivity index (χ0v) is 17.5. The topological polar surface area (TPSA) is 76.1 Å². The molecule has 2 aliphatic heterocycles. The highest BCUT2D eigenvalue weighted by Gasteiger charge is 2.51. The smallest absolute Gasteiger partial charge is 0.409 e. The van der Waals surface area contributed by atoms with Gasteiger partial charge in [0.05, 0.1) is 5.92 Å². The number of carboxylic acids is 1. The lowest BCUT2D eigenvalue weighted by Crippen LogP contribution is -2.35. The van der Waals surface area contributed by atoms with Gasteiger partial charge in [-0.25, -0.2) is 4.79 Å². The molecule has 6 nitrogen and oxygen atoms in total. The second-order valence-corrected chi connectivity index (χ2v) is 8.90. The fourth-order valence-corrected chi connectivity index (χ4v) is 5.67. The standard InChI is InChI=1S/C25H27NO5/c27-23(28)22-14-26(16-25(22)10-5-12-30-13-11-25)24(29)31-15-21-19-8-3-1-6-17(19)18-7-2-4-9-20(18)21/h1-4,6-9,21-22H,5,10-16H2,(H,27,28). The van der Waals surface area contributed by atoms with Gasteiger partial charge in [0, 0.05) is 37.6 Å². The molecule has 1 amide bonds. The molecule has 2 aromatic rings. The molecule has 0 aromatic heterocycles. The molecule has 1 aliphatic carbocycles. The van der Waals surface area contributed by atoms with Gasteiger partial charge in [-0.3, -0.25) is 4.79 Å². The summed E-state index contributed by atoms with van der Waals surface area (Å²) < 4.78 is 11.3. The molecule has 5 rings (SSSR count). The highest BCUT2D eigenvalue weighted by Crippen LogP contribution is 2.46. The van der Waals surface area contributed by atoms with E-state index in [-0.39, 0.29) is 19.1 Å². The van der Waals surface area contributed by atoms with E-state index in [0.29, 0.717) is 26.2 Å². The zero-order valence-electron chi connectivity index (χ0n) is 17.5. The van der Waals surface area contributed by atoms with Gasteiger partial charge in [-0.15, -0.1) is 0 Å². The van der Waals surface area contributed by atoms with Gasteiger partial charge < -0.3 is 19.5 Å². The monoisotopic (exact) mass is 421 g/mol. The molecule has 2 heterocycles. The van der Waals surface area contributed by atoms with Gasteiger partial charge in [0.15, 0.2) is 0 Å². The summed E-state index contributed by atoms with van der Waals surface area (Å²) in [6.45, 7) is 2.06. The summed E-state index contributed by atoms with van der Waals surface area (Å²) in [5, 5.41) is 9.82. The number of benzene rings is 2. The van der Waals surface area contributed by atoms with Gasteiger partial charge in [0.2, 0.25) is 0 Å². The van der Waals surface area contributed by atoms with Crippen LogP contribution in [0, 0.1) is 11.3 Å². The Morgan fingerprint density at radius 1 is 1.03 bits per heavy atom. The lowest BCUT2D eigenvalue weighted by molar-refractivity contribution is -0.145. The number of carbonyl (C=O) groups is 2. The van der Waals surface area contributed by atoms with Crippen LogP contribution in [0.4, 0.5) is 4.79 Å². The molecule has 31 heavy (non-hydrogen) atoms. The fourth-order valence-electron chi connectivity index (χ4n) is 5.67. The van der Waals surface area contributed by atoms with Crippen LogP contribution >= 0.6 is 0 Å². The summed E-state index contributed by atoms with van der Waals surface area (Å²) in [4.78, 5) is 26.6. The third kappa shape index (κ3) is 3.49. The van der Waals surface area contributed by atoms with Crippen molar-refractivity contribution in [2.75, 3.05) is 32.9 Å². The fraction of sp³-hybridized carbons (Fsp3) is 0.440. The van der Waals surface area contributed by atoms with Gasteiger partial charge in [0.25, 0.3) is 0 Å². The maximum Gasteiger partial charge on any atom is 0.409 e. The maximum absolute atomic E-state index is 13.0. The van der Waals surface area contributed by atoms with E-state index in [1.54, 1.807) is 4.90 Å². The van der Waals surface area contributed by atoms with Crippen LogP contribution in [0.25, 0.3) is 11.1 Å². The summed E-state index contributed by atoms with van der Waals surface area (Å²) in [7, 11) is 0. The number of hydrogen-bond acceptors (Lipinski definition) is 4. The van der Waals surface area contributed by atoms with E-state index in [0.717, 1.165) is 12.8 Å². The SMILES string of the molecule is O=C(O)C1CN(C(=O)OCC2c3ccccc3-c3ccccc32)CC12CCCOCC2. The molecular weight excluding hydrogens is 394 g/mol. The van der Waals surface area contributed by atoms with Crippen molar-refractivity contribution >= 4 is 12.1 Å². The molecule has 3 aliphatic rings. The van der Waals surface area contributed by atoms with Crippen LogP contribution in [-0.4, -0.2) is 55.0 Å². The lowest BCUT2D eigenvalue weighted by Gasteiger charge is -2.30. The molecule has 2 fully saturated rings. The van der Waals surface area contributed by atoms with Gasteiger partial charge in [-0.2, -0.15) is 0 Å². The van der Waals surface area contributed by atoms with Crippen molar-refractivity contribution in [1.29, 1.82) is 0 Å². The summed E-state index contributed by atoms with van der Waals surface area (Å²) in [5.74, 6) is -1.42. The zero-order chi connectivity index (χ0) is 21.4. The highest BCUT2D eigenvalue weighted by atomic mass is 16.6. The Hall–Kier alpha value is -2.86. The normalized spacial score (nSPS) is 25.2. The Kier molecular flexibility index (Phi) is 5.18. The van der Waals surface area contributed by atoms with Crippen molar-refractivity contribution in [3.05, 3.63) is 59.7 Å². The van der Waals surface area contributed by atoms with Crippen molar-refractivity contribution in [2.24, 2.45) is 11.3 Å². The van der Waals surface area contributed by atoms with Crippen LogP contribution < -0.4 is 0 Å². The molecule has 2 aromatic carbocycles. The first kappa shape index (κ1) is 20.1. The number of nitrogens with zero attached hydrogens (tertiary/aromatic N) is 1. The molecule has 2 atom stereocenters. The predicted octanol–water partition coefficient (Wildman–Crippen LogP) is 4.14. The molecule has 1 spiro atoms. The molecule has 1 N–H and O–H groups in total. The van der Waals surface area contributed by atoms with E-state index in [1.807, 2.05) is 24.3 Å². The number of rotatable bonds is 3. The molecular formula is C25H27NO5. The predicted molar refractivity (Wildman–Crippen MR) is 115 cm³/mol. The Bertz CT molecular complexity index is 949. The average Bonchev–Trinajstić information content (AvgIpc) is 3.21. The molecule has 2 unspecified atom stereocenters. The molecule has 6 heteroatoms. The summed E-state index contributed by atoms with van der Waals surface area (Å²) in [5.41, 5.74) is 4.28. The quantitative estimate of drug-likeness (QED) is 0.806. The van der Waals surface area contributed by atoms with Gasteiger partial charge in [-0.05, 0) is 41.5 Å². The first-order chi connectivity index (χ1) is 15.1. The number of amides is 1. The molecule has 0 radical (unpaired) electrons. The second kappa shape index (κ2) is 8.00. The minimum absolute atomic E-state index is 0.00513. The van der Waals surface area contributed by atoms with Crippen LogP contribution in [0.1, 0.15) is 36.3 Å². The largest absolute Gasteiger partial charge is 0.481 e. The highest BCUT2D eigenvalue weighted by molar-refractivity contribution is 5.79. The number of likely N-dealkylation sites (tertiary alicyclic amines) is 1. The van der Waals surface area contributed by atoms with E-state index in [4.69, 9.17) is 9.47 Å². The summed E-state index contributed by atoms with van der Waals surface area (Å²) in [6, 6.07) is 16.4. The van der Waals surface area contributed by atoms with Crippen LogP contribution in [0.5, 0.6) is 0 Å². The van der Waals surface area contributed by atoms with Crippen molar-refractivity contribution in [3.63, 3.8) is 0 Å². The van der Waals surface area contributed by atoms with Gasteiger partial charge in [-0.1, -0.05) is 48.5 Å². The number of carbonyl (C=O) groups excluding carboxylic acids is 1. The average molecular weight is 421 g/mol. The van der Waals surface area contributed by atoms with Crippen LogP contribution in [0.15, 0.2) is 48.5 Å². The Labute approximate surface area is 181 Å². The van der Waals surface area contributed by atoms with E-state index < -0.39 is 23.4 Å². The Morgan fingerprint density at radius 2 is 1.71 bits per heavy atom. The molecule has 0 bridgehead atoms. The number of fused-ring (bicyclic) bond motifs is 3. The third-order valence-electron chi connectivity index (χ3n) is 7.25. The van der Waals surface area contributed by atoms with Crippen molar-refractivity contribution in [2.45, 2.75) is 25.2 Å². The minimum atomic E-state index is -0.837. The Balaban J connectivity index is 1.32. The van der Waals surface area contributed by atoms with E-state index in [2.05, 4.69) is 24.3 Å². The summed E-state index contributed by atoms with van der Waals surface area (Å²) in [6.07, 6.45) is 1.83. The number of carboxylic acid groups (broad SMARTS) is 1. The van der Waals surface area contributed by atoms with E-state index in [9.17, 15) is 14.7 Å². The first-order valence-corrected chi connectivity index (χ1v) is 11.0. The molecule has 2 saturated heterocycles.